The molecule has 0 heterocycles. The van der Waals surface area contributed by atoms with Crippen molar-refractivity contribution in [3.8, 4) is 11.1 Å². The van der Waals surface area contributed by atoms with E-state index in [0.717, 1.165) is 41.5 Å². The summed E-state index contributed by atoms with van der Waals surface area (Å²) in [5.41, 5.74) is 2.80. The molecule has 0 aliphatic heterocycles. The molecular formula is C22H25ClO. The molecule has 1 saturated carbocycles. The van der Waals surface area contributed by atoms with Crippen molar-refractivity contribution in [2.75, 3.05) is 0 Å². The van der Waals surface area contributed by atoms with Gasteiger partial charge in [-0.1, -0.05) is 80.9 Å². The van der Waals surface area contributed by atoms with E-state index in [1.807, 2.05) is 48.5 Å². The molecule has 3 atom stereocenters. The SMILES string of the molecule is C=C1CC(CC)CC(C)C1(O)c1ccccc1-c1ccccc1Cl. The molecule has 2 heteroatoms. The molecule has 1 nitrogen and oxygen atoms in total. The van der Waals surface area contributed by atoms with Crippen LogP contribution in [0.3, 0.4) is 0 Å². The third-order valence-corrected chi connectivity index (χ3v) is 5.88. The van der Waals surface area contributed by atoms with Gasteiger partial charge in [0.05, 0.1) is 0 Å². The lowest BCUT2D eigenvalue weighted by Crippen LogP contribution is -2.41. The Labute approximate surface area is 150 Å². The fraction of sp³-hybridized carbons (Fsp3) is 0.364. The van der Waals surface area contributed by atoms with Gasteiger partial charge in [0.15, 0.2) is 0 Å². The van der Waals surface area contributed by atoms with Gasteiger partial charge in [0.2, 0.25) is 0 Å². The first-order valence-electron chi connectivity index (χ1n) is 8.73. The summed E-state index contributed by atoms with van der Waals surface area (Å²) in [5, 5.41) is 12.4. The molecule has 2 aromatic carbocycles. The highest BCUT2D eigenvalue weighted by Crippen LogP contribution is 2.50. The van der Waals surface area contributed by atoms with E-state index in [9.17, 15) is 5.11 Å². The number of aliphatic hydroxyl groups is 1. The number of benzene rings is 2. The summed E-state index contributed by atoms with van der Waals surface area (Å²) in [7, 11) is 0. The van der Waals surface area contributed by atoms with Crippen LogP contribution in [0.25, 0.3) is 11.1 Å². The second-order valence-corrected chi connectivity index (χ2v) is 7.42. The van der Waals surface area contributed by atoms with Gasteiger partial charge in [0.1, 0.15) is 5.60 Å². The first kappa shape index (κ1) is 17.3. The van der Waals surface area contributed by atoms with E-state index in [0.29, 0.717) is 10.9 Å². The van der Waals surface area contributed by atoms with E-state index in [2.05, 4.69) is 20.4 Å². The fourth-order valence-corrected chi connectivity index (χ4v) is 4.34. The van der Waals surface area contributed by atoms with Crippen molar-refractivity contribution in [2.24, 2.45) is 11.8 Å². The van der Waals surface area contributed by atoms with Crippen LogP contribution in [0.5, 0.6) is 0 Å². The van der Waals surface area contributed by atoms with Crippen LogP contribution in [0, 0.1) is 11.8 Å². The molecule has 3 unspecified atom stereocenters. The third kappa shape index (κ3) is 2.81. The predicted octanol–water partition coefficient (Wildman–Crippen LogP) is 6.21. The molecule has 0 radical (unpaired) electrons. The van der Waals surface area contributed by atoms with Crippen molar-refractivity contribution in [3.63, 3.8) is 0 Å². The lowest BCUT2D eigenvalue weighted by molar-refractivity contribution is -0.0128. The summed E-state index contributed by atoms with van der Waals surface area (Å²) in [4.78, 5) is 0. The highest BCUT2D eigenvalue weighted by molar-refractivity contribution is 6.33. The van der Waals surface area contributed by atoms with Gasteiger partial charge in [0.25, 0.3) is 0 Å². The lowest BCUT2D eigenvalue weighted by Gasteiger charge is -2.44. The van der Waals surface area contributed by atoms with E-state index in [1.54, 1.807) is 0 Å². The second-order valence-electron chi connectivity index (χ2n) is 7.01. The first-order valence-corrected chi connectivity index (χ1v) is 9.11. The van der Waals surface area contributed by atoms with Crippen LogP contribution in [0.2, 0.25) is 5.02 Å². The minimum Gasteiger partial charge on any atom is -0.380 e. The summed E-state index contributed by atoms with van der Waals surface area (Å²) in [6, 6.07) is 15.9. The van der Waals surface area contributed by atoms with Gasteiger partial charge >= 0.3 is 0 Å². The average molecular weight is 341 g/mol. The minimum absolute atomic E-state index is 0.132. The highest BCUT2D eigenvalue weighted by atomic mass is 35.5. The van der Waals surface area contributed by atoms with Crippen molar-refractivity contribution in [1.82, 2.24) is 0 Å². The van der Waals surface area contributed by atoms with Crippen LogP contribution < -0.4 is 0 Å². The molecule has 1 fully saturated rings. The van der Waals surface area contributed by atoms with Crippen LogP contribution in [0.15, 0.2) is 60.7 Å². The maximum Gasteiger partial charge on any atom is 0.114 e. The molecule has 0 bridgehead atoms. The quantitative estimate of drug-likeness (QED) is 0.659. The summed E-state index contributed by atoms with van der Waals surface area (Å²) in [6.07, 6.45) is 3.03. The Bertz CT molecular complexity index is 751. The molecule has 1 aliphatic carbocycles. The summed E-state index contributed by atoms with van der Waals surface area (Å²) >= 11 is 6.43. The summed E-state index contributed by atoms with van der Waals surface area (Å²) in [6.45, 7) is 8.62. The smallest absolute Gasteiger partial charge is 0.114 e. The van der Waals surface area contributed by atoms with Gasteiger partial charge in [-0.3, -0.25) is 0 Å². The predicted molar refractivity (Wildman–Crippen MR) is 102 cm³/mol. The van der Waals surface area contributed by atoms with Crippen LogP contribution in [-0.2, 0) is 5.60 Å². The number of halogens is 1. The number of rotatable bonds is 3. The van der Waals surface area contributed by atoms with E-state index < -0.39 is 5.60 Å². The zero-order valence-corrected chi connectivity index (χ0v) is 15.2. The number of hydrogen-bond donors (Lipinski definition) is 1. The third-order valence-electron chi connectivity index (χ3n) is 5.55. The molecule has 24 heavy (non-hydrogen) atoms. The fourth-order valence-electron chi connectivity index (χ4n) is 4.10. The Hall–Kier alpha value is -1.57. The highest BCUT2D eigenvalue weighted by Gasteiger charge is 2.44. The van der Waals surface area contributed by atoms with E-state index >= 15 is 0 Å². The van der Waals surface area contributed by atoms with Gasteiger partial charge in [-0.05, 0) is 47.4 Å². The van der Waals surface area contributed by atoms with Gasteiger partial charge in [-0.25, -0.2) is 0 Å². The van der Waals surface area contributed by atoms with Crippen LogP contribution in [-0.4, -0.2) is 5.11 Å². The van der Waals surface area contributed by atoms with Gasteiger partial charge in [0, 0.05) is 10.6 Å². The number of hydrogen-bond acceptors (Lipinski definition) is 1. The van der Waals surface area contributed by atoms with Gasteiger partial charge in [-0.2, -0.15) is 0 Å². The van der Waals surface area contributed by atoms with Crippen LogP contribution in [0.4, 0.5) is 0 Å². The van der Waals surface area contributed by atoms with Crippen molar-refractivity contribution >= 4 is 11.6 Å². The van der Waals surface area contributed by atoms with Gasteiger partial charge < -0.3 is 5.11 Å². The maximum absolute atomic E-state index is 11.7. The second kappa shape index (κ2) is 6.74. The molecule has 3 rings (SSSR count). The lowest BCUT2D eigenvalue weighted by atomic mass is 9.64. The molecule has 0 amide bonds. The van der Waals surface area contributed by atoms with Crippen molar-refractivity contribution in [2.45, 2.75) is 38.7 Å². The standard InChI is InChI=1S/C22H25ClO/c1-4-17-13-15(2)22(24,16(3)14-17)20-11-7-5-9-18(20)19-10-6-8-12-21(19)23/h5-12,16-17,24H,2,4,13-14H2,1,3H3. The maximum atomic E-state index is 11.7. The molecule has 1 aliphatic rings. The Kier molecular flexibility index (Phi) is 4.85. The first-order chi connectivity index (χ1) is 11.5. The Morgan fingerprint density at radius 1 is 1.12 bits per heavy atom. The topological polar surface area (TPSA) is 20.2 Å². The zero-order valence-electron chi connectivity index (χ0n) is 14.4. The van der Waals surface area contributed by atoms with Crippen LogP contribution in [0.1, 0.15) is 38.7 Å². The molecule has 1 N–H and O–H groups in total. The molecule has 0 spiro atoms. The molecule has 2 aromatic rings. The van der Waals surface area contributed by atoms with Crippen molar-refractivity contribution in [3.05, 3.63) is 71.3 Å². The van der Waals surface area contributed by atoms with E-state index in [4.69, 9.17) is 11.6 Å². The summed E-state index contributed by atoms with van der Waals surface area (Å²) < 4.78 is 0. The van der Waals surface area contributed by atoms with Crippen LogP contribution >= 0.6 is 11.6 Å². The van der Waals surface area contributed by atoms with Crippen molar-refractivity contribution < 1.29 is 5.11 Å². The molecular weight excluding hydrogens is 316 g/mol. The normalized spacial score (nSPS) is 27.2. The van der Waals surface area contributed by atoms with E-state index in [1.165, 1.54) is 0 Å². The van der Waals surface area contributed by atoms with Crippen molar-refractivity contribution in [1.29, 1.82) is 0 Å². The monoisotopic (exact) mass is 340 g/mol. The Morgan fingerprint density at radius 2 is 1.75 bits per heavy atom. The summed E-state index contributed by atoms with van der Waals surface area (Å²) in [5.74, 6) is 0.743. The molecule has 126 valence electrons. The zero-order chi connectivity index (χ0) is 17.3. The Morgan fingerprint density at radius 3 is 2.38 bits per heavy atom. The average Bonchev–Trinajstić information content (AvgIpc) is 2.59. The Balaban J connectivity index is 2.13. The molecule has 0 saturated heterocycles. The van der Waals surface area contributed by atoms with Gasteiger partial charge in [-0.15, -0.1) is 0 Å². The molecule has 0 aromatic heterocycles. The van der Waals surface area contributed by atoms with E-state index in [-0.39, 0.29) is 5.92 Å². The largest absolute Gasteiger partial charge is 0.380 e. The minimum atomic E-state index is -0.999.